The third kappa shape index (κ3) is 9.75. The molecular weight excluding hydrogens is 616 g/mol. The number of benzene rings is 2. The number of halogens is 2. The van der Waals surface area contributed by atoms with Crippen molar-refractivity contribution in [3.8, 4) is 0 Å². The molecule has 2 aromatic carbocycles. The van der Waals surface area contributed by atoms with Gasteiger partial charge in [-0.3, -0.25) is 15.0 Å². The summed E-state index contributed by atoms with van der Waals surface area (Å²) in [6.07, 6.45) is 1.90. The molecule has 6 heteroatoms. The molecule has 3 rings (SSSR count). The van der Waals surface area contributed by atoms with Crippen LogP contribution in [-0.4, -0.2) is 16.4 Å². The van der Waals surface area contributed by atoms with Crippen molar-refractivity contribution in [3.05, 3.63) is 88.2 Å². The third-order valence-corrected chi connectivity index (χ3v) is 7.57. The number of aromatic nitrogens is 1. The van der Waals surface area contributed by atoms with E-state index in [0.29, 0.717) is 36.6 Å². The molecule has 0 radical (unpaired) electrons. The van der Waals surface area contributed by atoms with Crippen molar-refractivity contribution in [2.75, 3.05) is 0 Å². The molecule has 43 heavy (non-hydrogen) atoms. The van der Waals surface area contributed by atoms with Crippen LogP contribution in [0.2, 0.25) is 0 Å². The van der Waals surface area contributed by atoms with Crippen LogP contribution in [0.3, 0.4) is 0 Å². The summed E-state index contributed by atoms with van der Waals surface area (Å²) in [7, 11) is 9.47. The van der Waals surface area contributed by atoms with Crippen LogP contribution in [0.4, 0.5) is 11.4 Å². The van der Waals surface area contributed by atoms with Gasteiger partial charge in [-0.1, -0.05) is 119 Å². The topological polar surface area (TPSA) is 37.6 Å². The zero-order chi connectivity index (χ0) is 32.4. The number of aliphatic imine (C=N–C) groups is 2. The van der Waals surface area contributed by atoms with Crippen molar-refractivity contribution in [2.45, 2.75) is 107 Å². The van der Waals surface area contributed by atoms with Crippen molar-refractivity contribution in [1.82, 2.24) is 4.98 Å². The Bertz CT molecular complexity index is 1230. The minimum absolute atomic E-state index is 0.191. The first-order chi connectivity index (χ1) is 20.3. The van der Waals surface area contributed by atoms with Gasteiger partial charge in [-0.2, -0.15) is 0 Å². The monoisotopic (exact) mass is 666 g/mol. The Hall–Kier alpha value is -1.98. The van der Waals surface area contributed by atoms with E-state index in [9.17, 15) is 0 Å². The first-order valence-corrected chi connectivity index (χ1v) is 18.3. The number of hydrogen-bond donors (Lipinski definition) is 0. The summed E-state index contributed by atoms with van der Waals surface area (Å²) in [5.74, 6) is 1.93. The van der Waals surface area contributed by atoms with E-state index in [1.54, 1.807) is 0 Å². The van der Waals surface area contributed by atoms with Crippen LogP contribution in [0.1, 0.15) is 140 Å². The second-order valence-corrected chi connectivity index (χ2v) is 14.7. The van der Waals surface area contributed by atoms with Gasteiger partial charge in [0.1, 0.15) is 0 Å². The quantitative estimate of drug-likeness (QED) is 0.198. The standard InChI is InChI=1S/C37H51N3.2ClH.Co/c1-22(2)28-16-13-17-29(23(3)4)35(28)39-33(26(9)10)32-20-15-21-38-37(32)34(27(11)12)40-36-30(24(5)6)18-14-19-31(36)25(7)8;;;/h13-27H,1-12H3;2*1H;/q;;;+2/p-2. The molecule has 1 aromatic heterocycles. The number of hydrogen-bond acceptors (Lipinski definition) is 3. The Balaban J connectivity index is 0.00000206. The fraction of sp³-hybridized carbons (Fsp3) is 0.486. The van der Waals surface area contributed by atoms with E-state index in [2.05, 4.69) is 126 Å². The SMILES string of the molecule is CC(C)C(=Nc1c(C(C)C)cccc1C(C)C)c1cccnc1C(=Nc1c(C(C)C)cccc1C(C)C)C(C)C.[Cl][Co][Cl]. The van der Waals surface area contributed by atoms with Gasteiger partial charge in [0.15, 0.2) is 0 Å². The van der Waals surface area contributed by atoms with Gasteiger partial charge < -0.3 is 0 Å². The van der Waals surface area contributed by atoms with Crippen LogP contribution in [-0.2, 0) is 12.9 Å². The maximum atomic E-state index is 5.49. The van der Waals surface area contributed by atoms with Crippen LogP contribution in [0.5, 0.6) is 0 Å². The molecule has 3 aromatic rings. The van der Waals surface area contributed by atoms with E-state index in [1.807, 2.05) is 12.3 Å². The Morgan fingerprint density at radius 3 is 1.23 bits per heavy atom. The zero-order valence-electron chi connectivity index (χ0n) is 28.1. The minimum atomic E-state index is 0.191. The summed E-state index contributed by atoms with van der Waals surface area (Å²) in [6, 6.07) is 17.5. The molecule has 0 N–H and O–H groups in total. The van der Waals surface area contributed by atoms with Crippen LogP contribution < -0.4 is 0 Å². The first kappa shape index (κ1) is 37.2. The molecule has 0 aliphatic carbocycles. The predicted octanol–water partition coefficient (Wildman–Crippen LogP) is 12.5. The molecule has 0 atom stereocenters. The summed E-state index contributed by atoms with van der Waals surface area (Å²) < 4.78 is 0. The molecule has 0 aliphatic rings. The normalized spacial score (nSPS) is 12.7. The number of nitrogens with zero attached hydrogens (tertiary/aromatic N) is 3. The second kappa shape index (κ2) is 17.5. The van der Waals surface area contributed by atoms with Crippen molar-refractivity contribution in [3.63, 3.8) is 0 Å². The van der Waals surface area contributed by atoms with Gasteiger partial charge in [0.2, 0.25) is 0 Å². The molecule has 0 fully saturated rings. The third-order valence-electron chi connectivity index (χ3n) is 7.57. The fourth-order valence-electron chi connectivity index (χ4n) is 5.29. The Labute approximate surface area is 276 Å². The summed E-state index contributed by atoms with van der Waals surface area (Å²) in [4.78, 5) is 16.0. The maximum absolute atomic E-state index is 5.49. The predicted molar refractivity (Wildman–Crippen MR) is 187 cm³/mol. The van der Waals surface area contributed by atoms with Gasteiger partial charge in [-0.15, -0.1) is 0 Å². The van der Waals surface area contributed by atoms with E-state index in [4.69, 9.17) is 35.3 Å². The molecule has 1 heterocycles. The van der Waals surface area contributed by atoms with Gasteiger partial charge in [-0.05, 0) is 69.9 Å². The molecule has 3 nitrogen and oxygen atoms in total. The number of pyridine rings is 1. The zero-order valence-corrected chi connectivity index (χ0v) is 30.6. The fourth-order valence-corrected chi connectivity index (χ4v) is 5.29. The summed E-state index contributed by atoms with van der Waals surface area (Å²) in [5, 5.41) is 0. The van der Waals surface area contributed by atoms with Crippen molar-refractivity contribution in [2.24, 2.45) is 21.8 Å². The van der Waals surface area contributed by atoms with E-state index in [0.717, 1.165) is 34.1 Å². The van der Waals surface area contributed by atoms with Gasteiger partial charge in [-0.25, -0.2) is 0 Å². The molecule has 0 saturated carbocycles. The summed E-state index contributed by atoms with van der Waals surface area (Å²) in [5.41, 5.74) is 11.5. The van der Waals surface area contributed by atoms with Crippen LogP contribution in [0.15, 0.2) is 64.7 Å². The average Bonchev–Trinajstić information content (AvgIpc) is 2.94. The summed E-state index contributed by atoms with van der Waals surface area (Å²) >= 11 is 0.382. The van der Waals surface area contributed by atoms with Crippen LogP contribution in [0, 0.1) is 11.8 Å². The van der Waals surface area contributed by atoms with E-state index < -0.39 is 0 Å². The molecule has 0 unspecified atom stereocenters. The van der Waals surface area contributed by atoms with Gasteiger partial charge in [0, 0.05) is 11.8 Å². The first-order valence-electron chi connectivity index (χ1n) is 15.5. The average molecular weight is 668 g/mol. The van der Waals surface area contributed by atoms with Gasteiger partial charge in [0.25, 0.3) is 0 Å². The van der Waals surface area contributed by atoms with Crippen LogP contribution >= 0.6 is 20.3 Å². The molecule has 0 bridgehead atoms. The molecule has 0 saturated heterocycles. The molecule has 0 spiro atoms. The van der Waals surface area contributed by atoms with E-state index in [1.165, 1.54) is 22.3 Å². The van der Waals surface area contributed by atoms with Crippen molar-refractivity contribution >= 4 is 43.1 Å². The van der Waals surface area contributed by atoms with Crippen molar-refractivity contribution in [1.29, 1.82) is 0 Å². The van der Waals surface area contributed by atoms with E-state index in [-0.39, 0.29) is 11.8 Å². The molecule has 0 aliphatic heterocycles. The summed E-state index contributed by atoms with van der Waals surface area (Å²) in [6.45, 7) is 26.9. The molecule has 0 amide bonds. The van der Waals surface area contributed by atoms with Gasteiger partial charge in [0.05, 0.1) is 28.5 Å². The van der Waals surface area contributed by atoms with E-state index >= 15 is 0 Å². The Morgan fingerprint density at radius 1 is 0.558 bits per heavy atom. The Kier molecular flexibility index (Phi) is 15.1. The molecular formula is C37H51Cl2CoN3. The number of para-hydroxylation sites is 2. The molecule has 237 valence electrons. The Morgan fingerprint density at radius 2 is 0.907 bits per heavy atom. The van der Waals surface area contributed by atoms with Crippen molar-refractivity contribution < 1.29 is 12.9 Å². The van der Waals surface area contributed by atoms with Crippen LogP contribution in [0.25, 0.3) is 0 Å². The number of rotatable bonds is 10. The van der Waals surface area contributed by atoms with Gasteiger partial charge >= 0.3 is 33.2 Å². The second-order valence-electron chi connectivity index (χ2n) is 12.9.